The third kappa shape index (κ3) is 8.72. The van der Waals surface area contributed by atoms with Gasteiger partial charge < -0.3 is 15.0 Å². The molecule has 3 rings (SSSR count). The predicted octanol–water partition coefficient (Wildman–Crippen LogP) is 4.67. The molecule has 0 aliphatic heterocycles. The summed E-state index contributed by atoms with van der Waals surface area (Å²) in [4.78, 5) is 29.2. The molecule has 0 aliphatic rings. The monoisotopic (exact) mass is 585 g/mol. The molecule has 2 atom stereocenters. The van der Waals surface area contributed by atoms with E-state index in [4.69, 9.17) is 16.3 Å². The number of methoxy groups -OCH3 is 1. The molecule has 3 aromatic rings. The van der Waals surface area contributed by atoms with Gasteiger partial charge in [-0.1, -0.05) is 67.1 Å². The molecule has 0 aromatic heterocycles. The minimum absolute atomic E-state index is 0.0641. The van der Waals surface area contributed by atoms with Gasteiger partial charge in [0.1, 0.15) is 18.3 Å². The Hall–Kier alpha value is -3.56. The lowest BCUT2D eigenvalue weighted by molar-refractivity contribution is -0.140. The third-order valence-electron chi connectivity index (χ3n) is 6.53. The van der Waals surface area contributed by atoms with E-state index in [1.165, 1.54) is 11.0 Å². The second-order valence-corrected chi connectivity index (χ2v) is 12.0. The number of carbonyl (C=O) groups excluding carboxylic acids is 2. The third-order valence-corrected chi connectivity index (χ3v) is 7.91. The van der Waals surface area contributed by atoms with Crippen molar-refractivity contribution in [3.8, 4) is 5.75 Å². The zero-order valence-corrected chi connectivity index (χ0v) is 24.8. The number of halogens is 1. The number of hydrogen-bond donors (Lipinski definition) is 1. The number of ether oxygens (including phenoxy) is 1. The lowest BCUT2D eigenvalue weighted by Gasteiger charge is -2.34. The first-order chi connectivity index (χ1) is 19.0. The number of rotatable bonds is 13. The van der Waals surface area contributed by atoms with E-state index in [-0.39, 0.29) is 30.6 Å². The minimum Gasteiger partial charge on any atom is -0.497 e. The van der Waals surface area contributed by atoms with Crippen LogP contribution in [0.3, 0.4) is 0 Å². The van der Waals surface area contributed by atoms with Crippen LogP contribution >= 0.6 is 11.6 Å². The normalized spacial score (nSPS) is 12.7. The summed E-state index contributed by atoms with van der Waals surface area (Å²) in [6.45, 7) is 3.42. The number of sulfonamides is 1. The summed E-state index contributed by atoms with van der Waals surface area (Å²) in [5, 5.41) is 3.34. The summed E-state index contributed by atoms with van der Waals surface area (Å²) in [5.41, 5.74) is 1.86. The summed E-state index contributed by atoms with van der Waals surface area (Å²) in [7, 11) is -2.32. The van der Waals surface area contributed by atoms with Gasteiger partial charge in [0.2, 0.25) is 21.8 Å². The number of benzene rings is 3. The van der Waals surface area contributed by atoms with Crippen LogP contribution in [0.1, 0.15) is 31.4 Å². The van der Waals surface area contributed by atoms with E-state index in [1.54, 1.807) is 43.5 Å². The van der Waals surface area contributed by atoms with Crippen molar-refractivity contribution in [1.29, 1.82) is 0 Å². The van der Waals surface area contributed by atoms with E-state index in [0.717, 1.165) is 21.7 Å². The van der Waals surface area contributed by atoms with Gasteiger partial charge in [-0.15, -0.1) is 0 Å². The highest BCUT2D eigenvalue weighted by atomic mass is 35.5. The summed E-state index contributed by atoms with van der Waals surface area (Å²) in [5.74, 6) is -0.248. The van der Waals surface area contributed by atoms with Gasteiger partial charge in [-0.25, -0.2) is 8.42 Å². The van der Waals surface area contributed by atoms with E-state index < -0.39 is 28.5 Å². The Kier molecular flexibility index (Phi) is 11.0. The van der Waals surface area contributed by atoms with Crippen LogP contribution in [-0.4, -0.2) is 57.1 Å². The van der Waals surface area contributed by atoms with Crippen LogP contribution in [0.5, 0.6) is 5.75 Å². The van der Waals surface area contributed by atoms with Crippen LogP contribution in [0.25, 0.3) is 0 Å². The van der Waals surface area contributed by atoms with Crippen molar-refractivity contribution in [2.45, 2.75) is 45.3 Å². The lowest BCUT2D eigenvalue weighted by Crippen LogP contribution is -2.54. The molecule has 0 saturated carbocycles. The molecule has 0 saturated heterocycles. The van der Waals surface area contributed by atoms with Crippen molar-refractivity contribution in [3.63, 3.8) is 0 Å². The number of anilines is 1. The number of carbonyl (C=O) groups is 2. The van der Waals surface area contributed by atoms with Crippen LogP contribution in [0.2, 0.25) is 5.02 Å². The Morgan fingerprint density at radius 3 is 2.27 bits per heavy atom. The molecule has 0 aliphatic carbocycles. The van der Waals surface area contributed by atoms with Crippen LogP contribution in [0.15, 0.2) is 78.9 Å². The van der Waals surface area contributed by atoms with Crippen LogP contribution < -0.4 is 14.4 Å². The van der Waals surface area contributed by atoms with Crippen molar-refractivity contribution >= 4 is 39.1 Å². The first kappa shape index (κ1) is 31.0. The Bertz CT molecular complexity index is 1400. The topological polar surface area (TPSA) is 96.0 Å². The maximum Gasteiger partial charge on any atom is 0.244 e. The van der Waals surface area contributed by atoms with Crippen molar-refractivity contribution in [2.75, 3.05) is 24.2 Å². The summed E-state index contributed by atoms with van der Waals surface area (Å²) < 4.78 is 32.0. The van der Waals surface area contributed by atoms with Crippen molar-refractivity contribution in [2.24, 2.45) is 0 Å². The number of hydrogen-bond acceptors (Lipinski definition) is 5. The largest absolute Gasteiger partial charge is 0.497 e. The quantitative estimate of drug-likeness (QED) is 0.314. The Balaban J connectivity index is 2.07. The van der Waals surface area contributed by atoms with Gasteiger partial charge in [-0.3, -0.25) is 13.9 Å². The molecule has 8 nitrogen and oxygen atoms in total. The lowest BCUT2D eigenvalue weighted by atomic mass is 10.0. The molecule has 40 heavy (non-hydrogen) atoms. The molecular weight excluding hydrogens is 550 g/mol. The van der Waals surface area contributed by atoms with Gasteiger partial charge in [-0.05, 0) is 54.8 Å². The van der Waals surface area contributed by atoms with Gasteiger partial charge >= 0.3 is 0 Å². The Morgan fingerprint density at radius 1 is 0.975 bits per heavy atom. The fraction of sp³-hybridized carbons (Fsp3) is 0.333. The summed E-state index contributed by atoms with van der Waals surface area (Å²) in [6.07, 6.45) is 1.99. The highest BCUT2D eigenvalue weighted by Gasteiger charge is 2.33. The fourth-order valence-corrected chi connectivity index (χ4v) is 5.23. The van der Waals surface area contributed by atoms with Crippen LogP contribution in [0.4, 0.5) is 5.69 Å². The van der Waals surface area contributed by atoms with Crippen molar-refractivity contribution in [1.82, 2.24) is 10.2 Å². The molecule has 0 unspecified atom stereocenters. The average molecular weight is 586 g/mol. The molecule has 0 heterocycles. The van der Waals surface area contributed by atoms with E-state index in [2.05, 4.69) is 5.32 Å². The van der Waals surface area contributed by atoms with Gasteiger partial charge in [-0.2, -0.15) is 0 Å². The molecule has 1 N–H and O–H groups in total. The molecule has 10 heteroatoms. The van der Waals surface area contributed by atoms with Crippen molar-refractivity contribution in [3.05, 3.63) is 95.0 Å². The van der Waals surface area contributed by atoms with Gasteiger partial charge in [0.25, 0.3) is 0 Å². The van der Waals surface area contributed by atoms with E-state index in [9.17, 15) is 18.0 Å². The van der Waals surface area contributed by atoms with E-state index >= 15 is 0 Å². The number of nitrogens with zero attached hydrogens (tertiary/aromatic N) is 2. The van der Waals surface area contributed by atoms with Crippen LogP contribution in [0, 0.1) is 0 Å². The van der Waals surface area contributed by atoms with E-state index in [1.807, 2.05) is 50.2 Å². The molecule has 0 radical (unpaired) electrons. The standard InChI is InChI=1S/C30H36ClN3O5S/c1-5-22(2)32-30(36)28(18-23-11-7-6-8-12-23)33(20-24-13-9-16-27(17-24)39-3)29(35)21-34(40(4,37)38)26-15-10-14-25(31)19-26/h6-17,19,22,28H,5,18,20-21H2,1-4H3,(H,32,36)/t22-,28-/m0/s1. The molecule has 214 valence electrons. The summed E-state index contributed by atoms with van der Waals surface area (Å²) in [6, 6.07) is 21.9. The van der Waals surface area contributed by atoms with E-state index in [0.29, 0.717) is 17.2 Å². The molecule has 2 amide bonds. The average Bonchev–Trinajstić information content (AvgIpc) is 2.93. The Labute approximate surface area is 241 Å². The maximum atomic E-state index is 14.1. The second kappa shape index (κ2) is 14.2. The molecule has 0 fully saturated rings. The molecular formula is C30H36ClN3O5S. The van der Waals surface area contributed by atoms with Gasteiger partial charge in [0.15, 0.2) is 0 Å². The summed E-state index contributed by atoms with van der Waals surface area (Å²) >= 11 is 6.14. The van der Waals surface area contributed by atoms with Gasteiger partial charge in [0, 0.05) is 24.0 Å². The smallest absolute Gasteiger partial charge is 0.244 e. The van der Waals surface area contributed by atoms with Crippen LogP contribution in [-0.2, 0) is 32.6 Å². The van der Waals surface area contributed by atoms with Gasteiger partial charge in [0.05, 0.1) is 19.1 Å². The number of amides is 2. The first-order valence-corrected chi connectivity index (χ1v) is 15.2. The highest BCUT2D eigenvalue weighted by molar-refractivity contribution is 7.92. The fourth-order valence-electron chi connectivity index (χ4n) is 4.21. The predicted molar refractivity (Wildman–Crippen MR) is 159 cm³/mol. The molecule has 0 spiro atoms. The molecule has 3 aromatic carbocycles. The Morgan fingerprint density at radius 2 is 1.65 bits per heavy atom. The van der Waals surface area contributed by atoms with Crippen molar-refractivity contribution < 1.29 is 22.7 Å². The second-order valence-electron chi connectivity index (χ2n) is 9.65. The zero-order chi connectivity index (χ0) is 29.3. The SMILES string of the molecule is CC[C@H](C)NC(=O)[C@H](Cc1ccccc1)N(Cc1cccc(OC)c1)C(=O)CN(c1cccc(Cl)c1)S(C)(=O)=O. The zero-order valence-electron chi connectivity index (χ0n) is 23.2. The highest BCUT2D eigenvalue weighted by Crippen LogP contribution is 2.24. The number of nitrogens with one attached hydrogen (secondary N) is 1. The molecule has 0 bridgehead atoms. The minimum atomic E-state index is -3.87. The first-order valence-electron chi connectivity index (χ1n) is 13.0. The maximum absolute atomic E-state index is 14.1.